The molecule has 1 aliphatic rings. The average Bonchev–Trinajstić information content (AvgIpc) is 2.89. The Labute approximate surface area is 220 Å². The Morgan fingerprint density at radius 1 is 0.921 bits per heavy atom. The van der Waals surface area contributed by atoms with Gasteiger partial charge >= 0.3 is 18.1 Å². The van der Waals surface area contributed by atoms with Crippen LogP contribution >= 0.6 is 11.6 Å². The number of amides is 1. The van der Waals surface area contributed by atoms with Crippen molar-refractivity contribution in [3.63, 3.8) is 0 Å². The Bertz CT molecular complexity index is 1360. The number of halogens is 4. The average molecular weight is 547 g/mol. The number of anilines is 2. The largest absolute Gasteiger partial charge is 0.490 e. The molecule has 0 fully saturated rings. The Kier molecular flexibility index (Phi) is 9.14. The highest BCUT2D eigenvalue weighted by molar-refractivity contribution is 6.31. The number of benzene rings is 3. The molecule has 0 aliphatic carbocycles. The Balaban J connectivity index is 0.000000505. The molecular weight excluding hydrogens is 525 g/mol. The maximum Gasteiger partial charge on any atom is 0.490 e. The van der Waals surface area contributed by atoms with Crippen LogP contribution in [0.1, 0.15) is 32.7 Å². The van der Waals surface area contributed by atoms with Gasteiger partial charge in [-0.25, -0.2) is 9.59 Å². The van der Waals surface area contributed by atoms with E-state index in [9.17, 15) is 27.9 Å². The SMILES string of the molecule is O=C(Nc1ccc(N2CC=C(c3ccccc3)CC2)c(C(=O)O)c1)c1cccc(Cl)c1.O=C(O)C(F)(F)F. The minimum Gasteiger partial charge on any atom is -0.478 e. The monoisotopic (exact) mass is 546 g/mol. The molecule has 38 heavy (non-hydrogen) atoms. The van der Waals surface area contributed by atoms with Gasteiger partial charge in [0.1, 0.15) is 0 Å². The zero-order chi connectivity index (χ0) is 27.9. The van der Waals surface area contributed by atoms with E-state index < -0.39 is 18.1 Å². The van der Waals surface area contributed by atoms with Crippen molar-refractivity contribution < 1.29 is 37.8 Å². The van der Waals surface area contributed by atoms with Crippen molar-refractivity contribution in [3.05, 3.63) is 101 Å². The van der Waals surface area contributed by atoms with Gasteiger partial charge in [-0.1, -0.05) is 54.1 Å². The minimum absolute atomic E-state index is 0.153. The van der Waals surface area contributed by atoms with Gasteiger partial charge in [-0.2, -0.15) is 13.2 Å². The van der Waals surface area contributed by atoms with E-state index >= 15 is 0 Å². The Morgan fingerprint density at radius 3 is 2.16 bits per heavy atom. The van der Waals surface area contributed by atoms with E-state index in [1.54, 1.807) is 36.4 Å². The molecule has 0 saturated heterocycles. The molecule has 11 heteroatoms. The summed E-state index contributed by atoms with van der Waals surface area (Å²) in [5.74, 6) is -4.14. The quantitative estimate of drug-likeness (QED) is 0.351. The van der Waals surface area contributed by atoms with E-state index in [-0.39, 0.29) is 11.5 Å². The van der Waals surface area contributed by atoms with Crippen LogP contribution in [0.2, 0.25) is 5.02 Å². The fraction of sp³-hybridized carbons (Fsp3) is 0.148. The van der Waals surface area contributed by atoms with Crippen LogP contribution in [0, 0.1) is 0 Å². The second-order valence-corrected chi connectivity index (χ2v) is 8.53. The second kappa shape index (κ2) is 12.3. The lowest BCUT2D eigenvalue weighted by atomic mass is 9.98. The molecule has 198 valence electrons. The highest BCUT2D eigenvalue weighted by Gasteiger charge is 2.38. The van der Waals surface area contributed by atoms with E-state index in [1.807, 2.05) is 23.1 Å². The highest BCUT2D eigenvalue weighted by atomic mass is 35.5. The Hall–Kier alpha value is -4.31. The van der Waals surface area contributed by atoms with E-state index in [4.69, 9.17) is 21.5 Å². The molecule has 0 unspecified atom stereocenters. The first-order valence-electron chi connectivity index (χ1n) is 11.2. The van der Waals surface area contributed by atoms with Crippen molar-refractivity contribution >= 4 is 46.4 Å². The smallest absolute Gasteiger partial charge is 0.478 e. The number of nitrogens with zero attached hydrogens (tertiary/aromatic N) is 1. The molecule has 4 rings (SSSR count). The number of carbonyl (C=O) groups is 3. The predicted octanol–water partition coefficient (Wildman–Crippen LogP) is 6.22. The number of aliphatic carboxylic acids is 1. The van der Waals surface area contributed by atoms with E-state index in [0.717, 1.165) is 13.0 Å². The van der Waals surface area contributed by atoms with Crippen LogP contribution in [0.15, 0.2) is 78.9 Å². The number of hydrogen-bond acceptors (Lipinski definition) is 4. The van der Waals surface area contributed by atoms with Crippen molar-refractivity contribution in [2.24, 2.45) is 0 Å². The molecule has 0 atom stereocenters. The summed E-state index contributed by atoms with van der Waals surface area (Å²) in [4.78, 5) is 35.3. The first kappa shape index (κ1) is 28.3. The van der Waals surface area contributed by atoms with Crippen LogP contribution in [0.5, 0.6) is 0 Å². The molecule has 1 heterocycles. The van der Waals surface area contributed by atoms with Crippen LogP contribution < -0.4 is 10.2 Å². The van der Waals surface area contributed by atoms with Crippen LogP contribution in [-0.2, 0) is 4.79 Å². The van der Waals surface area contributed by atoms with Crippen LogP contribution in [0.3, 0.4) is 0 Å². The van der Waals surface area contributed by atoms with Gasteiger partial charge in [0, 0.05) is 29.4 Å². The standard InChI is InChI=1S/C25H21ClN2O3.C2HF3O2/c26-20-8-4-7-19(15-20)24(29)27-21-9-10-23(22(16-21)25(30)31)28-13-11-18(12-14-28)17-5-2-1-3-6-17;3-2(4,5)1(6)7/h1-11,15-16H,12-14H2,(H,27,29)(H,30,31);(H,6,7). The van der Waals surface area contributed by atoms with Gasteiger partial charge in [0.2, 0.25) is 0 Å². The zero-order valence-corrected chi connectivity index (χ0v) is 20.5. The van der Waals surface area contributed by atoms with Crippen molar-refractivity contribution in [3.8, 4) is 0 Å². The zero-order valence-electron chi connectivity index (χ0n) is 19.7. The van der Waals surface area contributed by atoms with Gasteiger partial charge in [-0.05, 0) is 54.0 Å². The molecule has 1 amide bonds. The minimum atomic E-state index is -5.08. The summed E-state index contributed by atoms with van der Waals surface area (Å²) < 4.78 is 31.7. The molecule has 0 radical (unpaired) electrons. The fourth-order valence-corrected chi connectivity index (χ4v) is 3.89. The van der Waals surface area contributed by atoms with Gasteiger partial charge in [0.05, 0.1) is 11.3 Å². The molecule has 7 nitrogen and oxygen atoms in total. The van der Waals surface area contributed by atoms with Gasteiger partial charge in [0.25, 0.3) is 5.91 Å². The van der Waals surface area contributed by atoms with Crippen molar-refractivity contribution in [2.75, 3.05) is 23.3 Å². The number of carbonyl (C=O) groups excluding carboxylic acids is 1. The van der Waals surface area contributed by atoms with E-state index in [0.29, 0.717) is 28.5 Å². The van der Waals surface area contributed by atoms with Crippen molar-refractivity contribution in [2.45, 2.75) is 12.6 Å². The number of aromatic carboxylic acids is 1. The third-order valence-corrected chi connectivity index (χ3v) is 5.74. The Morgan fingerprint density at radius 2 is 1.61 bits per heavy atom. The summed E-state index contributed by atoms with van der Waals surface area (Å²) in [6.45, 7) is 1.34. The normalized spacial score (nSPS) is 13.1. The lowest BCUT2D eigenvalue weighted by Gasteiger charge is -2.30. The van der Waals surface area contributed by atoms with Crippen molar-refractivity contribution in [1.82, 2.24) is 0 Å². The molecule has 0 aromatic heterocycles. The summed E-state index contributed by atoms with van der Waals surface area (Å²) in [7, 11) is 0. The summed E-state index contributed by atoms with van der Waals surface area (Å²) in [5.41, 5.74) is 4.07. The highest BCUT2D eigenvalue weighted by Crippen LogP contribution is 2.30. The molecule has 3 N–H and O–H groups in total. The topological polar surface area (TPSA) is 107 Å². The van der Waals surface area contributed by atoms with Gasteiger partial charge in [-0.15, -0.1) is 0 Å². The number of carboxylic acid groups (broad SMARTS) is 2. The summed E-state index contributed by atoms with van der Waals surface area (Å²) in [6.07, 6.45) is -2.12. The molecule has 3 aromatic carbocycles. The number of hydrogen-bond donors (Lipinski definition) is 3. The third-order valence-electron chi connectivity index (χ3n) is 5.51. The maximum absolute atomic E-state index is 12.5. The lowest BCUT2D eigenvalue weighted by Crippen LogP contribution is -2.29. The number of nitrogens with one attached hydrogen (secondary N) is 1. The molecular formula is C27H22ClF3N2O5. The van der Waals surface area contributed by atoms with Gasteiger partial charge in [-0.3, -0.25) is 4.79 Å². The first-order chi connectivity index (χ1) is 18.0. The second-order valence-electron chi connectivity index (χ2n) is 8.10. The van der Waals surface area contributed by atoms with Crippen LogP contribution in [0.4, 0.5) is 24.5 Å². The molecule has 3 aromatic rings. The third kappa shape index (κ3) is 7.59. The fourth-order valence-electron chi connectivity index (χ4n) is 3.70. The summed E-state index contributed by atoms with van der Waals surface area (Å²) >= 11 is 5.95. The predicted molar refractivity (Wildman–Crippen MR) is 138 cm³/mol. The molecule has 0 bridgehead atoms. The van der Waals surface area contributed by atoms with E-state index in [1.165, 1.54) is 17.2 Å². The number of carboxylic acids is 2. The molecule has 1 aliphatic heterocycles. The van der Waals surface area contributed by atoms with Gasteiger partial charge < -0.3 is 20.4 Å². The summed E-state index contributed by atoms with van der Waals surface area (Å²) in [6, 6.07) is 21.8. The van der Waals surface area contributed by atoms with E-state index in [2.05, 4.69) is 23.5 Å². The number of alkyl halides is 3. The number of rotatable bonds is 5. The lowest BCUT2D eigenvalue weighted by molar-refractivity contribution is -0.192. The maximum atomic E-state index is 12.5. The first-order valence-corrected chi connectivity index (χ1v) is 11.6. The van der Waals surface area contributed by atoms with Crippen molar-refractivity contribution in [1.29, 1.82) is 0 Å². The summed E-state index contributed by atoms with van der Waals surface area (Å²) in [5, 5.41) is 20.1. The molecule has 0 spiro atoms. The van der Waals surface area contributed by atoms with Crippen LogP contribution in [0.25, 0.3) is 5.57 Å². The van der Waals surface area contributed by atoms with Gasteiger partial charge in [0.15, 0.2) is 0 Å². The molecule has 0 saturated carbocycles. The van der Waals surface area contributed by atoms with Crippen LogP contribution in [-0.4, -0.2) is 47.3 Å².